The Hall–Kier alpha value is -3.41. The predicted molar refractivity (Wildman–Crippen MR) is 112 cm³/mol. The van der Waals surface area contributed by atoms with Crippen molar-refractivity contribution in [3.63, 3.8) is 0 Å². The lowest BCUT2D eigenvalue weighted by Gasteiger charge is -2.28. The van der Waals surface area contributed by atoms with Crippen molar-refractivity contribution in [1.82, 2.24) is 9.97 Å². The van der Waals surface area contributed by atoms with Crippen LogP contribution in [0, 0.1) is 0 Å². The summed E-state index contributed by atoms with van der Waals surface area (Å²) < 4.78 is 0. The maximum Gasteiger partial charge on any atom is 0.258 e. The standard InChI is InChI=1S/C22H23N5O/c1-26(2)20-9-7-19(8-10-20)25-21(28)18-13-23-22(24-14-18)27-12-11-16-5-3-4-6-17(16)15-27/h3-10,13-14H,11-12,15H2,1-2H3,(H,25,28). The Labute approximate surface area is 164 Å². The SMILES string of the molecule is CN(C)c1ccc(NC(=O)c2cnc(N3CCc4ccccc4C3)nc2)cc1. The zero-order valence-corrected chi connectivity index (χ0v) is 16.1. The highest BCUT2D eigenvalue weighted by molar-refractivity contribution is 6.03. The molecule has 1 N–H and O–H groups in total. The van der Waals surface area contributed by atoms with Crippen molar-refractivity contribution in [3.05, 3.63) is 77.6 Å². The van der Waals surface area contributed by atoms with E-state index < -0.39 is 0 Å². The van der Waals surface area contributed by atoms with E-state index in [0.29, 0.717) is 11.5 Å². The maximum absolute atomic E-state index is 12.5. The molecule has 3 aromatic rings. The van der Waals surface area contributed by atoms with Gasteiger partial charge in [-0.2, -0.15) is 0 Å². The van der Waals surface area contributed by atoms with Crippen molar-refractivity contribution in [2.24, 2.45) is 0 Å². The summed E-state index contributed by atoms with van der Waals surface area (Å²) in [6.45, 7) is 1.67. The van der Waals surface area contributed by atoms with E-state index in [9.17, 15) is 4.79 Å². The van der Waals surface area contributed by atoms with Gasteiger partial charge in [-0.1, -0.05) is 24.3 Å². The number of carbonyl (C=O) groups excluding carboxylic acids is 1. The first-order valence-corrected chi connectivity index (χ1v) is 9.33. The van der Waals surface area contributed by atoms with Crippen LogP contribution < -0.4 is 15.1 Å². The summed E-state index contributed by atoms with van der Waals surface area (Å²) >= 11 is 0. The number of fused-ring (bicyclic) bond motifs is 1. The fourth-order valence-electron chi connectivity index (χ4n) is 3.31. The van der Waals surface area contributed by atoms with Crippen LogP contribution in [-0.2, 0) is 13.0 Å². The number of benzene rings is 2. The minimum atomic E-state index is -0.215. The molecule has 1 aliphatic heterocycles. The minimum absolute atomic E-state index is 0.215. The molecule has 0 saturated heterocycles. The molecule has 2 aromatic carbocycles. The average molecular weight is 373 g/mol. The van der Waals surface area contributed by atoms with Gasteiger partial charge in [-0.25, -0.2) is 9.97 Å². The Balaban J connectivity index is 1.42. The molecule has 6 nitrogen and oxygen atoms in total. The monoisotopic (exact) mass is 373 g/mol. The van der Waals surface area contributed by atoms with Gasteiger partial charge in [-0.05, 0) is 41.8 Å². The lowest BCUT2D eigenvalue weighted by molar-refractivity contribution is 0.102. The van der Waals surface area contributed by atoms with E-state index in [1.807, 2.05) is 43.3 Å². The van der Waals surface area contributed by atoms with Gasteiger partial charge in [0, 0.05) is 51.0 Å². The molecular formula is C22H23N5O. The van der Waals surface area contributed by atoms with Gasteiger partial charge in [-0.15, -0.1) is 0 Å². The molecule has 142 valence electrons. The average Bonchev–Trinajstić information content (AvgIpc) is 2.74. The van der Waals surface area contributed by atoms with Crippen molar-refractivity contribution in [2.45, 2.75) is 13.0 Å². The van der Waals surface area contributed by atoms with Crippen LogP contribution in [0.1, 0.15) is 21.5 Å². The molecule has 0 aliphatic carbocycles. The maximum atomic E-state index is 12.5. The second-order valence-corrected chi connectivity index (χ2v) is 7.11. The first kappa shape index (κ1) is 18.0. The van der Waals surface area contributed by atoms with Crippen LogP contribution in [0.5, 0.6) is 0 Å². The fraction of sp³-hybridized carbons (Fsp3) is 0.227. The highest BCUT2D eigenvalue weighted by Gasteiger charge is 2.18. The minimum Gasteiger partial charge on any atom is -0.378 e. The molecule has 6 heteroatoms. The Bertz CT molecular complexity index is 967. The zero-order valence-electron chi connectivity index (χ0n) is 16.1. The van der Waals surface area contributed by atoms with Gasteiger partial charge in [0.1, 0.15) is 0 Å². The summed E-state index contributed by atoms with van der Waals surface area (Å²) in [6, 6.07) is 16.1. The first-order valence-electron chi connectivity index (χ1n) is 9.33. The molecule has 0 atom stereocenters. The number of hydrogen-bond donors (Lipinski definition) is 1. The van der Waals surface area contributed by atoms with Crippen LogP contribution in [0.2, 0.25) is 0 Å². The summed E-state index contributed by atoms with van der Waals surface area (Å²) in [5.74, 6) is 0.439. The number of nitrogens with zero attached hydrogens (tertiary/aromatic N) is 4. The summed E-state index contributed by atoms with van der Waals surface area (Å²) in [5.41, 5.74) is 4.95. The smallest absolute Gasteiger partial charge is 0.258 e. The number of carbonyl (C=O) groups is 1. The molecule has 2 heterocycles. The number of aromatic nitrogens is 2. The molecule has 28 heavy (non-hydrogen) atoms. The van der Waals surface area contributed by atoms with Crippen LogP contribution >= 0.6 is 0 Å². The van der Waals surface area contributed by atoms with Gasteiger partial charge in [0.15, 0.2) is 0 Å². The number of amides is 1. The molecule has 1 amide bonds. The van der Waals surface area contributed by atoms with Gasteiger partial charge in [0.2, 0.25) is 5.95 Å². The first-order chi connectivity index (χ1) is 13.6. The molecular weight excluding hydrogens is 350 g/mol. The van der Waals surface area contributed by atoms with Crippen LogP contribution in [0.3, 0.4) is 0 Å². The Morgan fingerprint density at radius 3 is 2.36 bits per heavy atom. The Kier molecular flexibility index (Phi) is 4.93. The predicted octanol–water partition coefficient (Wildman–Crippen LogP) is 3.36. The van der Waals surface area contributed by atoms with E-state index in [1.54, 1.807) is 12.4 Å². The van der Waals surface area contributed by atoms with Gasteiger partial charge >= 0.3 is 0 Å². The molecule has 0 spiro atoms. The second-order valence-electron chi connectivity index (χ2n) is 7.11. The highest BCUT2D eigenvalue weighted by atomic mass is 16.1. The molecule has 0 saturated carbocycles. The molecule has 0 unspecified atom stereocenters. The third-order valence-corrected chi connectivity index (χ3v) is 4.96. The molecule has 1 aromatic heterocycles. The lowest BCUT2D eigenvalue weighted by atomic mass is 10.0. The third-order valence-electron chi connectivity index (χ3n) is 4.96. The van der Waals surface area contributed by atoms with E-state index in [2.05, 4.69) is 44.5 Å². The van der Waals surface area contributed by atoms with Crippen LogP contribution in [0.4, 0.5) is 17.3 Å². The fourth-order valence-corrected chi connectivity index (χ4v) is 3.31. The van der Waals surface area contributed by atoms with Gasteiger partial charge < -0.3 is 15.1 Å². The summed E-state index contributed by atoms with van der Waals surface area (Å²) in [5, 5.41) is 2.89. The summed E-state index contributed by atoms with van der Waals surface area (Å²) in [7, 11) is 3.96. The van der Waals surface area contributed by atoms with Crippen molar-refractivity contribution >= 4 is 23.2 Å². The molecule has 0 bridgehead atoms. The highest BCUT2D eigenvalue weighted by Crippen LogP contribution is 2.22. The lowest BCUT2D eigenvalue weighted by Crippen LogP contribution is -2.31. The second kappa shape index (κ2) is 7.68. The van der Waals surface area contributed by atoms with Crippen LogP contribution in [0.25, 0.3) is 0 Å². The largest absolute Gasteiger partial charge is 0.378 e. The quantitative estimate of drug-likeness (QED) is 0.760. The van der Waals surface area contributed by atoms with E-state index in [-0.39, 0.29) is 5.91 Å². The summed E-state index contributed by atoms with van der Waals surface area (Å²) in [4.78, 5) is 25.5. The van der Waals surface area contributed by atoms with Gasteiger partial charge in [0.05, 0.1) is 5.56 Å². The summed E-state index contributed by atoms with van der Waals surface area (Å²) in [6.07, 6.45) is 4.16. The Morgan fingerprint density at radius 1 is 1.00 bits per heavy atom. The van der Waals surface area contributed by atoms with E-state index in [4.69, 9.17) is 0 Å². The van der Waals surface area contributed by atoms with Crippen LogP contribution in [-0.4, -0.2) is 36.5 Å². The van der Waals surface area contributed by atoms with Gasteiger partial charge in [0.25, 0.3) is 5.91 Å². The van der Waals surface area contributed by atoms with E-state index in [1.165, 1.54) is 11.1 Å². The number of anilines is 3. The zero-order chi connectivity index (χ0) is 19.5. The number of nitrogens with one attached hydrogen (secondary N) is 1. The van der Waals surface area contributed by atoms with E-state index >= 15 is 0 Å². The van der Waals surface area contributed by atoms with Crippen molar-refractivity contribution in [3.8, 4) is 0 Å². The van der Waals surface area contributed by atoms with Crippen molar-refractivity contribution < 1.29 is 4.79 Å². The molecule has 0 radical (unpaired) electrons. The normalized spacial score (nSPS) is 13.0. The number of rotatable bonds is 4. The van der Waals surface area contributed by atoms with E-state index in [0.717, 1.165) is 30.9 Å². The molecule has 4 rings (SSSR count). The van der Waals surface area contributed by atoms with Crippen LogP contribution in [0.15, 0.2) is 60.9 Å². The molecule has 1 aliphatic rings. The van der Waals surface area contributed by atoms with Gasteiger partial charge in [-0.3, -0.25) is 4.79 Å². The number of hydrogen-bond acceptors (Lipinski definition) is 5. The Morgan fingerprint density at radius 2 is 1.68 bits per heavy atom. The van der Waals surface area contributed by atoms with Crippen molar-refractivity contribution in [2.75, 3.05) is 35.8 Å². The van der Waals surface area contributed by atoms with Crippen molar-refractivity contribution in [1.29, 1.82) is 0 Å². The third kappa shape index (κ3) is 3.81. The molecule has 0 fully saturated rings. The topological polar surface area (TPSA) is 61.4 Å².